The third-order valence-corrected chi connectivity index (χ3v) is 4.86. The van der Waals surface area contributed by atoms with Gasteiger partial charge in [0.1, 0.15) is 29.0 Å². The maximum absolute atomic E-state index is 14.1. The molecule has 2 N–H and O–H groups in total. The van der Waals surface area contributed by atoms with Crippen LogP contribution in [0.4, 0.5) is 14.2 Å². The predicted molar refractivity (Wildman–Crippen MR) is 91.7 cm³/mol. The van der Waals surface area contributed by atoms with Crippen LogP contribution in [0, 0.1) is 17.1 Å². The van der Waals surface area contributed by atoms with Crippen LogP contribution in [0.2, 0.25) is 0 Å². The van der Waals surface area contributed by atoms with E-state index in [9.17, 15) is 18.8 Å². The average Bonchev–Trinajstić information content (AvgIpc) is 3.13. The molecule has 0 bridgehead atoms. The number of hydrogen-bond donors (Lipinski definition) is 2. The molecule has 2 heterocycles. The van der Waals surface area contributed by atoms with Gasteiger partial charge >= 0.3 is 6.03 Å². The maximum atomic E-state index is 14.1. The lowest BCUT2D eigenvalue weighted by Crippen LogP contribution is -2.42. The highest BCUT2D eigenvalue weighted by molar-refractivity contribution is 7.14. The molecule has 9 heteroatoms. The first kappa shape index (κ1) is 17.6. The number of hydrogen-bond acceptors (Lipinski definition) is 5. The molecule has 1 aromatic heterocycles. The summed E-state index contributed by atoms with van der Waals surface area (Å²) < 4.78 is 14.1. The van der Waals surface area contributed by atoms with Gasteiger partial charge in [0.15, 0.2) is 0 Å². The number of carbonyl (C=O) groups is 3. The van der Waals surface area contributed by atoms with Crippen LogP contribution in [-0.2, 0) is 15.1 Å². The quantitative estimate of drug-likeness (QED) is 0.803. The molecule has 1 aliphatic heterocycles. The Hall–Kier alpha value is -3.25. The fraction of sp³-hybridized carbons (Fsp3) is 0.176. The highest BCUT2D eigenvalue weighted by Crippen LogP contribution is 2.30. The van der Waals surface area contributed by atoms with Gasteiger partial charge in [-0.2, -0.15) is 5.26 Å². The Labute approximate surface area is 152 Å². The molecule has 2 aromatic rings. The number of carbonyl (C=O) groups excluding carboxylic acids is 3. The topological polar surface area (TPSA) is 102 Å². The van der Waals surface area contributed by atoms with E-state index in [4.69, 9.17) is 5.26 Å². The SMILES string of the molecule is CC1(c2ccccc2F)NC(=O)N(CC(=O)Nc2sccc2C#N)C1=O. The molecule has 1 fully saturated rings. The summed E-state index contributed by atoms with van der Waals surface area (Å²) in [4.78, 5) is 37.8. The molecule has 1 unspecified atom stereocenters. The smallest absolute Gasteiger partial charge is 0.319 e. The van der Waals surface area contributed by atoms with Crippen LogP contribution in [0.15, 0.2) is 35.7 Å². The Kier molecular flexibility index (Phi) is 4.44. The summed E-state index contributed by atoms with van der Waals surface area (Å²) in [5.74, 6) is -1.99. The average molecular weight is 372 g/mol. The number of nitrogens with zero attached hydrogens (tertiary/aromatic N) is 2. The largest absolute Gasteiger partial charge is 0.325 e. The lowest BCUT2D eigenvalue weighted by atomic mass is 9.91. The van der Waals surface area contributed by atoms with E-state index in [1.165, 1.54) is 25.1 Å². The standard InChI is InChI=1S/C17H13FN4O3S/c1-17(11-4-2-3-5-12(11)18)15(24)22(16(25)21-17)9-13(23)20-14-10(8-19)6-7-26-14/h2-7H,9H2,1H3,(H,20,23)(H,21,25). The lowest BCUT2D eigenvalue weighted by molar-refractivity contribution is -0.133. The summed E-state index contributed by atoms with van der Waals surface area (Å²) in [6.45, 7) is 0.841. The van der Waals surface area contributed by atoms with E-state index in [0.29, 0.717) is 5.00 Å². The summed E-state index contributed by atoms with van der Waals surface area (Å²) in [5, 5.41) is 15.9. The Bertz CT molecular complexity index is 951. The number of anilines is 1. The number of benzene rings is 1. The van der Waals surface area contributed by atoms with Crippen molar-refractivity contribution in [3.8, 4) is 6.07 Å². The molecular weight excluding hydrogens is 359 g/mol. The highest BCUT2D eigenvalue weighted by atomic mass is 32.1. The molecule has 0 spiro atoms. The van der Waals surface area contributed by atoms with Gasteiger partial charge in [0.25, 0.3) is 5.91 Å². The first-order valence-corrected chi connectivity index (χ1v) is 8.41. The molecule has 4 amide bonds. The summed E-state index contributed by atoms with van der Waals surface area (Å²) in [7, 11) is 0. The van der Waals surface area contributed by atoms with Gasteiger partial charge in [-0.1, -0.05) is 18.2 Å². The molecule has 0 radical (unpaired) electrons. The number of urea groups is 1. The van der Waals surface area contributed by atoms with Gasteiger partial charge in [0.05, 0.1) is 5.56 Å². The molecule has 1 aromatic carbocycles. The normalized spacial score (nSPS) is 19.2. The number of amides is 4. The molecular formula is C17H13FN4O3S. The molecule has 7 nitrogen and oxygen atoms in total. The van der Waals surface area contributed by atoms with Crippen molar-refractivity contribution in [3.05, 3.63) is 52.7 Å². The summed E-state index contributed by atoms with van der Waals surface area (Å²) in [6, 6.07) is 8.31. The number of nitrogens with one attached hydrogen (secondary N) is 2. The fourth-order valence-electron chi connectivity index (χ4n) is 2.69. The van der Waals surface area contributed by atoms with Gasteiger partial charge in [-0.05, 0) is 24.4 Å². The van der Waals surface area contributed by atoms with Gasteiger partial charge in [0, 0.05) is 5.56 Å². The number of imide groups is 1. The first-order valence-electron chi connectivity index (χ1n) is 7.53. The predicted octanol–water partition coefficient (Wildman–Crippen LogP) is 2.16. The molecule has 1 atom stereocenters. The molecule has 3 rings (SSSR count). The Morgan fingerprint density at radius 1 is 1.38 bits per heavy atom. The van der Waals surface area contributed by atoms with E-state index in [2.05, 4.69) is 10.6 Å². The Morgan fingerprint density at radius 3 is 2.81 bits per heavy atom. The van der Waals surface area contributed by atoms with E-state index in [1.54, 1.807) is 17.5 Å². The van der Waals surface area contributed by atoms with Crippen molar-refractivity contribution in [1.29, 1.82) is 5.26 Å². The van der Waals surface area contributed by atoms with Gasteiger partial charge in [-0.3, -0.25) is 14.5 Å². The summed E-state index contributed by atoms with van der Waals surface area (Å²) in [6.07, 6.45) is 0. The second-order valence-electron chi connectivity index (χ2n) is 5.75. The van der Waals surface area contributed by atoms with Crippen LogP contribution in [-0.4, -0.2) is 29.3 Å². The van der Waals surface area contributed by atoms with Crippen LogP contribution in [0.5, 0.6) is 0 Å². The molecule has 1 saturated heterocycles. The first-order chi connectivity index (χ1) is 12.4. The zero-order chi connectivity index (χ0) is 18.9. The molecule has 0 aliphatic carbocycles. The molecule has 1 aliphatic rings. The minimum atomic E-state index is -1.59. The Morgan fingerprint density at radius 2 is 2.12 bits per heavy atom. The molecule has 0 saturated carbocycles. The summed E-state index contributed by atoms with van der Waals surface area (Å²) >= 11 is 1.15. The van der Waals surface area contributed by atoms with Crippen LogP contribution in [0.3, 0.4) is 0 Å². The summed E-state index contributed by atoms with van der Waals surface area (Å²) in [5.41, 5.74) is -1.29. The van der Waals surface area contributed by atoms with Crippen molar-refractivity contribution in [3.63, 3.8) is 0 Å². The van der Waals surface area contributed by atoms with Crippen molar-refractivity contribution in [2.75, 3.05) is 11.9 Å². The van der Waals surface area contributed by atoms with Crippen LogP contribution in [0.25, 0.3) is 0 Å². The zero-order valence-corrected chi connectivity index (χ0v) is 14.4. The van der Waals surface area contributed by atoms with E-state index in [1.807, 2.05) is 6.07 Å². The second-order valence-corrected chi connectivity index (χ2v) is 6.67. The number of halogens is 1. The van der Waals surface area contributed by atoms with E-state index in [0.717, 1.165) is 16.2 Å². The molecule has 26 heavy (non-hydrogen) atoms. The van der Waals surface area contributed by atoms with E-state index < -0.39 is 35.7 Å². The minimum Gasteiger partial charge on any atom is -0.319 e. The zero-order valence-electron chi connectivity index (χ0n) is 13.6. The fourth-order valence-corrected chi connectivity index (χ4v) is 3.45. The van der Waals surface area contributed by atoms with Crippen LogP contribution >= 0.6 is 11.3 Å². The number of nitriles is 1. The third kappa shape index (κ3) is 2.91. The van der Waals surface area contributed by atoms with Gasteiger partial charge in [-0.15, -0.1) is 11.3 Å². The van der Waals surface area contributed by atoms with Gasteiger partial charge in [-0.25, -0.2) is 9.18 Å². The number of thiophene rings is 1. The van der Waals surface area contributed by atoms with Crippen LogP contribution in [0.1, 0.15) is 18.1 Å². The van der Waals surface area contributed by atoms with Crippen molar-refractivity contribution < 1.29 is 18.8 Å². The minimum absolute atomic E-state index is 0.0197. The van der Waals surface area contributed by atoms with E-state index >= 15 is 0 Å². The number of rotatable bonds is 4. The van der Waals surface area contributed by atoms with Crippen LogP contribution < -0.4 is 10.6 Å². The molecule has 132 valence electrons. The van der Waals surface area contributed by atoms with Crippen molar-refractivity contribution >= 4 is 34.2 Å². The lowest BCUT2D eigenvalue weighted by Gasteiger charge is -2.22. The van der Waals surface area contributed by atoms with Gasteiger partial charge < -0.3 is 10.6 Å². The van der Waals surface area contributed by atoms with Gasteiger partial charge in [0.2, 0.25) is 5.91 Å². The van der Waals surface area contributed by atoms with Crippen molar-refractivity contribution in [2.24, 2.45) is 0 Å². The Balaban J connectivity index is 1.79. The maximum Gasteiger partial charge on any atom is 0.325 e. The third-order valence-electron chi connectivity index (χ3n) is 4.03. The van der Waals surface area contributed by atoms with Crippen molar-refractivity contribution in [2.45, 2.75) is 12.5 Å². The monoisotopic (exact) mass is 372 g/mol. The van der Waals surface area contributed by atoms with E-state index in [-0.39, 0.29) is 11.1 Å². The highest BCUT2D eigenvalue weighted by Gasteiger charge is 2.50. The van der Waals surface area contributed by atoms with Crippen molar-refractivity contribution in [1.82, 2.24) is 10.2 Å². The second kappa shape index (κ2) is 6.57.